The molecule has 1 atom stereocenters. The molecule has 0 aromatic rings. The molecule has 1 aliphatic rings. The van der Waals surface area contributed by atoms with E-state index in [0.717, 1.165) is 13.5 Å². The summed E-state index contributed by atoms with van der Waals surface area (Å²) in [6.07, 6.45) is 0.616. The molecule has 1 nitrogen and oxygen atoms in total. The number of nitrogens with zero attached hydrogens (tertiary/aromatic N) is 1. The number of alkyl halides is 2. The summed E-state index contributed by atoms with van der Waals surface area (Å²) < 4.78 is 27.0. The van der Waals surface area contributed by atoms with E-state index in [2.05, 4.69) is 0 Å². The van der Waals surface area contributed by atoms with Crippen molar-refractivity contribution in [1.29, 1.82) is 0 Å². The van der Waals surface area contributed by atoms with Crippen molar-refractivity contribution >= 4 is 0 Å². The average molecular weight is 191 g/mol. The van der Waals surface area contributed by atoms with Gasteiger partial charge in [-0.2, -0.15) is 0 Å². The molecule has 0 radical (unpaired) electrons. The fraction of sp³-hybridized carbons (Fsp3) is 1.00. The van der Waals surface area contributed by atoms with Gasteiger partial charge in [0.1, 0.15) is 0 Å². The number of hydrogen-bond donors (Lipinski definition) is 0. The maximum atomic E-state index is 13.5. The van der Waals surface area contributed by atoms with E-state index in [1.807, 2.05) is 25.8 Å². The van der Waals surface area contributed by atoms with Gasteiger partial charge in [0.25, 0.3) is 5.92 Å². The van der Waals surface area contributed by atoms with Crippen molar-refractivity contribution in [3.05, 3.63) is 0 Å². The van der Waals surface area contributed by atoms with E-state index in [1.165, 1.54) is 0 Å². The Morgan fingerprint density at radius 1 is 1.38 bits per heavy atom. The van der Waals surface area contributed by atoms with E-state index in [0.29, 0.717) is 13.0 Å². The van der Waals surface area contributed by atoms with Gasteiger partial charge in [0.05, 0.1) is 0 Å². The van der Waals surface area contributed by atoms with Gasteiger partial charge in [0, 0.05) is 12.0 Å². The molecule has 0 saturated carbocycles. The standard InChI is InChI=1S/C10H19F2N/c1-8(2)10(9(3,11)12)5-6-13(4)7-10/h8H,5-7H2,1-4H3. The summed E-state index contributed by atoms with van der Waals surface area (Å²) in [4.78, 5) is 2.00. The number of rotatable bonds is 2. The van der Waals surface area contributed by atoms with Gasteiger partial charge in [-0.3, -0.25) is 0 Å². The van der Waals surface area contributed by atoms with Gasteiger partial charge in [-0.15, -0.1) is 0 Å². The maximum Gasteiger partial charge on any atom is 0.252 e. The van der Waals surface area contributed by atoms with Crippen molar-refractivity contribution in [2.45, 2.75) is 33.1 Å². The molecule has 1 fully saturated rings. The Hall–Kier alpha value is -0.180. The number of hydrogen-bond acceptors (Lipinski definition) is 1. The van der Waals surface area contributed by atoms with E-state index in [1.54, 1.807) is 0 Å². The van der Waals surface area contributed by atoms with Crippen LogP contribution in [-0.4, -0.2) is 31.0 Å². The van der Waals surface area contributed by atoms with Crippen molar-refractivity contribution in [1.82, 2.24) is 4.90 Å². The van der Waals surface area contributed by atoms with Crippen LogP contribution >= 0.6 is 0 Å². The Kier molecular flexibility index (Phi) is 2.68. The van der Waals surface area contributed by atoms with Crippen molar-refractivity contribution < 1.29 is 8.78 Å². The summed E-state index contributed by atoms with van der Waals surface area (Å²) in [5.41, 5.74) is -0.804. The molecule has 0 N–H and O–H groups in total. The highest BCUT2D eigenvalue weighted by Crippen LogP contribution is 2.48. The maximum absolute atomic E-state index is 13.5. The lowest BCUT2D eigenvalue weighted by molar-refractivity contribution is -0.123. The first-order valence-electron chi connectivity index (χ1n) is 4.86. The van der Waals surface area contributed by atoms with Crippen molar-refractivity contribution in [2.24, 2.45) is 11.3 Å². The minimum atomic E-state index is -2.56. The SMILES string of the molecule is CC(C)C1(C(C)(F)F)CCN(C)C1. The molecule has 13 heavy (non-hydrogen) atoms. The fourth-order valence-electron chi connectivity index (χ4n) is 2.37. The molecule has 3 heteroatoms. The second-order valence-corrected chi connectivity index (χ2v) is 4.69. The molecule has 1 aliphatic heterocycles. The second kappa shape index (κ2) is 3.19. The van der Waals surface area contributed by atoms with E-state index in [4.69, 9.17) is 0 Å². The molecule has 0 spiro atoms. The van der Waals surface area contributed by atoms with Gasteiger partial charge in [0.2, 0.25) is 0 Å². The molecule has 1 heterocycles. The quantitative estimate of drug-likeness (QED) is 0.648. The van der Waals surface area contributed by atoms with Gasteiger partial charge in [-0.25, -0.2) is 8.78 Å². The molecule has 0 aromatic carbocycles. The zero-order chi connectivity index (χ0) is 10.3. The van der Waals surface area contributed by atoms with Crippen molar-refractivity contribution in [2.75, 3.05) is 20.1 Å². The van der Waals surface area contributed by atoms with Crippen LogP contribution < -0.4 is 0 Å². The van der Waals surface area contributed by atoms with Crippen LogP contribution in [0.25, 0.3) is 0 Å². The Balaban J connectivity index is 2.90. The Labute approximate surface area is 79.1 Å². The first-order chi connectivity index (χ1) is 5.79. The smallest absolute Gasteiger partial charge is 0.252 e. The lowest BCUT2D eigenvalue weighted by atomic mass is 9.72. The molecule has 1 saturated heterocycles. The molecule has 0 aromatic heterocycles. The van der Waals surface area contributed by atoms with Gasteiger partial charge in [-0.1, -0.05) is 13.8 Å². The number of halogens is 2. The molecule has 0 aliphatic carbocycles. The van der Waals surface area contributed by atoms with Gasteiger partial charge in [-0.05, 0) is 32.9 Å². The molecule has 0 bridgehead atoms. The van der Waals surface area contributed by atoms with Crippen LogP contribution in [0.2, 0.25) is 0 Å². The van der Waals surface area contributed by atoms with Crippen LogP contribution in [0.1, 0.15) is 27.2 Å². The summed E-state index contributed by atoms with van der Waals surface area (Å²) in [5.74, 6) is -2.52. The lowest BCUT2D eigenvalue weighted by Gasteiger charge is -2.38. The fourth-order valence-corrected chi connectivity index (χ4v) is 2.37. The average Bonchev–Trinajstić information content (AvgIpc) is 2.30. The monoisotopic (exact) mass is 191 g/mol. The minimum absolute atomic E-state index is 0.0393. The zero-order valence-electron chi connectivity index (χ0n) is 8.90. The van der Waals surface area contributed by atoms with E-state index in [-0.39, 0.29) is 5.92 Å². The van der Waals surface area contributed by atoms with Crippen LogP contribution in [0.3, 0.4) is 0 Å². The topological polar surface area (TPSA) is 3.24 Å². The minimum Gasteiger partial charge on any atom is -0.306 e. The summed E-state index contributed by atoms with van der Waals surface area (Å²) in [6, 6.07) is 0. The predicted molar refractivity (Wildman–Crippen MR) is 50.0 cm³/mol. The zero-order valence-corrected chi connectivity index (χ0v) is 8.90. The Morgan fingerprint density at radius 3 is 2.08 bits per heavy atom. The first-order valence-corrected chi connectivity index (χ1v) is 4.86. The molecule has 78 valence electrons. The molecule has 0 amide bonds. The third kappa shape index (κ3) is 1.71. The normalized spacial score (nSPS) is 31.6. The van der Waals surface area contributed by atoms with Gasteiger partial charge >= 0.3 is 0 Å². The molecular formula is C10H19F2N. The van der Waals surface area contributed by atoms with E-state index in [9.17, 15) is 8.78 Å². The highest BCUT2D eigenvalue weighted by atomic mass is 19.3. The summed E-state index contributed by atoms with van der Waals surface area (Å²) in [7, 11) is 1.91. The lowest BCUT2D eigenvalue weighted by Crippen LogP contribution is -2.45. The van der Waals surface area contributed by atoms with E-state index >= 15 is 0 Å². The largest absolute Gasteiger partial charge is 0.306 e. The Bertz CT molecular complexity index is 186. The van der Waals surface area contributed by atoms with Crippen LogP contribution in [0.4, 0.5) is 8.78 Å². The highest BCUT2D eigenvalue weighted by molar-refractivity contribution is 4.98. The molecule has 1 unspecified atom stereocenters. The van der Waals surface area contributed by atoms with Gasteiger partial charge < -0.3 is 4.90 Å². The second-order valence-electron chi connectivity index (χ2n) is 4.69. The summed E-state index contributed by atoms with van der Waals surface area (Å²) in [6.45, 7) is 6.18. The first kappa shape index (κ1) is 10.9. The van der Waals surface area contributed by atoms with Crippen molar-refractivity contribution in [3.8, 4) is 0 Å². The third-order valence-corrected chi connectivity index (χ3v) is 3.47. The predicted octanol–water partition coefficient (Wildman–Crippen LogP) is 2.62. The van der Waals surface area contributed by atoms with Crippen molar-refractivity contribution in [3.63, 3.8) is 0 Å². The Morgan fingerprint density at radius 2 is 1.92 bits per heavy atom. The highest BCUT2D eigenvalue weighted by Gasteiger charge is 2.54. The van der Waals surface area contributed by atoms with Crippen LogP contribution in [0.15, 0.2) is 0 Å². The number of likely N-dealkylation sites (tertiary alicyclic amines) is 1. The van der Waals surface area contributed by atoms with Crippen LogP contribution in [0, 0.1) is 11.3 Å². The van der Waals surface area contributed by atoms with Crippen LogP contribution in [-0.2, 0) is 0 Å². The van der Waals surface area contributed by atoms with Crippen LogP contribution in [0.5, 0.6) is 0 Å². The van der Waals surface area contributed by atoms with Gasteiger partial charge in [0.15, 0.2) is 0 Å². The van der Waals surface area contributed by atoms with E-state index < -0.39 is 11.3 Å². The third-order valence-electron chi connectivity index (χ3n) is 3.47. The molecule has 1 rings (SSSR count). The summed E-state index contributed by atoms with van der Waals surface area (Å²) in [5, 5.41) is 0. The summed E-state index contributed by atoms with van der Waals surface area (Å²) >= 11 is 0. The molecular weight excluding hydrogens is 172 g/mol.